The lowest BCUT2D eigenvalue weighted by Gasteiger charge is -1.96. The molecule has 12 heavy (non-hydrogen) atoms. The van der Waals surface area contributed by atoms with E-state index in [1.807, 2.05) is 0 Å². The molecule has 0 unspecified atom stereocenters. The van der Waals surface area contributed by atoms with E-state index in [1.54, 1.807) is 12.3 Å². The summed E-state index contributed by atoms with van der Waals surface area (Å²) in [5, 5.41) is 2.63. The van der Waals surface area contributed by atoms with Crippen LogP contribution >= 0.6 is 0 Å². The Morgan fingerprint density at radius 1 is 1.67 bits per heavy atom. The maximum absolute atomic E-state index is 10.9. The first kappa shape index (κ1) is 6.97. The SMILES string of the molecule is C=Cc1ncc2c(n1)NC(=O)C2. The van der Waals surface area contributed by atoms with Gasteiger partial charge in [-0.05, 0) is 6.08 Å². The zero-order valence-corrected chi connectivity index (χ0v) is 6.37. The van der Waals surface area contributed by atoms with Gasteiger partial charge < -0.3 is 5.32 Å². The lowest BCUT2D eigenvalue weighted by Crippen LogP contribution is -2.04. The van der Waals surface area contributed by atoms with Crippen molar-refractivity contribution in [2.45, 2.75) is 6.42 Å². The van der Waals surface area contributed by atoms with Crippen molar-refractivity contribution < 1.29 is 4.79 Å². The predicted molar refractivity (Wildman–Crippen MR) is 44.5 cm³/mol. The van der Waals surface area contributed by atoms with Gasteiger partial charge in [-0.1, -0.05) is 6.58 Å². The van der Waals surface area contributed by atoms with Crippen molar-refractivity contribution in [3.8, 4) is 0 Å². The van der Waals surface area contributed by atoms with E-state index in [2.05, 4.69) is 21.9 Å². The monoisotopic (exact) mass is 161 g/mol. The molecular weight excluding hydrogens is 154 g/mol. The molecule has 0 aromatic carbocycles. The quantitative estimate of drug-likeness (QED) is 0.656. The highest BCUT2D eigenvalue weighted by Crippen LogP contribution is 2.18. The summed E-state index contributed by atoms with van der Waals surface area (Å²) in [5.74, 6) is 1.13. The van der Waals surface area contributed by atoms with E-state index in [-0.39, 0.29) is 5.91 Å². The molecule has 0 saturated carbocycles. The van der Waals surface area contributed by atoms with Crippen LogP contribution in [0.3, 0.4) is 0 Å². The maximum atomic E-state index is 10.9. The van der Waals surface area contributed by atoms with Gasteiger partial charge in [0.2, 0.25) is 5.91 Å². The van der Waals surface area contributed by atoms with Crippen LogP contribution < -0.4 is 5.32 Å². The average molecular weight is 161 g/mol. The fraction of sp³-hybridized carbons (Fsp3) is 0.125. The van der Waals surface area contributed by atoms with Crippen molar-refractivity contribution >= 4 is 17.8 Å². The van der Waals surface area contributed by atoms with E-state index in [0.29, 0.717) is 18.1 Å². The third-order valence-corrected chi connectivity index (χ3v) is 1.67. The molecule has 1 aromatic rings. The van der Waals surface area contributed by atoms with Gasteiger partial charge in [0, 0.05) is 11.8 Å². The minimum Gasteiger partial charge on any atom is -0.310 e. The van der Waals surface area contributed by atoms with E-state index >= 15 is 0 Å². The van der Waals surface area contributed by atoms with Gasteiger partial charge in [0.15, 0.2) is 5.82 Å². The predicted octanol–water partition coefficient (Wildman–Crippen LogP) is 0.614. The molecule has 0 fully saturated rings. The maximum Gasteiger partial charge on any atom is 0.230 e. The molecule has 2 rings (SSSR count). The highest BCUT2D eigenvalue weighted by atomic mass is 16.1. The fourth-order valence-electron chi connectivity index (χ4n) is 1.11. The van der Waals surface area contributed by atoms with E-state index < -0.39 is 0 Å². The Balaban J connectivity index is 2.48. The summed E-state index contributed by atoms with van der Waals surface area (Å²) in [6, 6.07) is 0. The van der Waals surface area contributed by atoms with E-state index in [0.717, 1.165) is 5.56 Å². The topological polar surface area (TPSA) is 54.9 Å². The first-order valence-electron chi connectivity index (χ1n) is 3.58. The molecule has 0 radical (unpaired) electrons. The Bertz CT molecular complexity index is 359. The van der Waals surface area contributed by atoms with E-state index in [1.165, 1.54) is 0 Å². The number of aromatic nitrogens is 2. The van der Waals surface area contributed by atoms with Crippen molar-refractivity contribution in [3.63, 3.8) is 0 Å². The molecule has 0 aliphatic carbocycles. The van der Waals surface area contributed by atoms with Crippen LogP contribution in [0.25, 0.3) is 6.08 Å². The zero-order valence-electron chi connectivity index (χ0n) is 6.37. The van der Waals surface area contributed by atoms with Crippen molar-refractivity contribution in [1.82, 2.24) is 9.97 Å². The van der Waals surface area contributed by atoms with Crippen LogP contribution in [0.1, 0.15) is 11.4 Å². The largest absolute Gasteiger partial charge is 0.310 e. The van der Waals surface area contributed by atoms with Gasteiger partial charge in [0.05, 0.1) is 6.42 Å². The smallest absolute Gasteiger partial charge is 0.230 e. The summed E-state index contributed by atoms with van der Waals surface area (Å²) >= 11 is 0. The lowest BCUT2D eigenvalue weighted by atomic mass is 10.3. The van der Waals surface area contributed by atoms with Gasteiger partial charge in [-0.15, -0.1) is 0 Å². The molecule has 2 heterocycles. The molecule has 1 N–H and O–H groups in total. The summed E-state index contributed by atoms with van der Waals surface area (Å²) < 4.78 is 0. The first-order valence-corrected chi connectivity index (χ1v) is 3.58. The molecule has 0 bridgehead atoms. The van der Waals surface area contributed by atoms with Gasteiger partial charge >= 0.3 is 0 Å². The Kier molecular flexibility index (Phi) is 1.40. The number of anilines is 1. The fourth-order valence-corrected chi connectivity index (χ4v) is 1.11. The normalized spacial score (nSPS) is 13.8. The van der Waals surface area contributed by atoms with Crippen molar-refractivity contribution in [2.24, 2.45) is 0 Å². The van der Waals surface area contributed by atoms with Gasteiger partial charge in [-0.3, -0.25) is 4.79 Å². The number of nitrogens with zero attached hydrogens (tertiary/aromatic N) is 2. The second-order valence-electron chi connectivity index (χ2n) is 2.53. The Morgan fingerprint density at radius 3 is 3.25 bits per heavy atom. The van der Waals surface area contributed by atoms with Crippen molar-refractivity contribution in [3.05, 3.63) is 24.2 Å². The summed E-state index contributed by atoms with van der Waals surface area (Å²) in [4.78, 5) is 18.9. The lowest BCUT2D eigenvalue weighted by molar-refractivity contribution is -0.115. The molecule has 1 amide bonds. The molecule has 0 saturated heterocycles. The second kappa shape index (κ2) is 2.41. The minimum atomic E-state index is -0.0273. The van der Waals surface area contributed by atoms with Gasteiger partial charge in [-0.2, -0.15) is 0 Å². The summed E-state index contributed by atoms with van der Waals surface area (Å²) in [6.07, 6.45) is 3.58. The number of rotatable bonds is 1. The van der Waals surface area contributed by atoms with Crippen molar-refractivity contribution in [1.29, 1.82) is 0 Å². The molecule has 4 heteroatoms. The number of carbonyl (C=O) groups is 1. The van der Waals surface area contributed by atoms with Gasteiger partial charge in [0.1, 0.15) is 5.82 Å². The number of hydrogen-bond acceptors (Lipinski definition) is 3. The molecule has 0 spiro atoms. The zero-order chi connectivity index (χ0) is 8.55. The molecule has 1 aliphatic heterocycles. The average Bonchev–Trinajstić information content (AvgIpc) is 2.43. The van der Waals surface area contributed by atoms with Crippen LogP contribution in [0.2, 0.25) is 0 Å². The van der Waals surface area contributed by atoms with Gasteiger partial charge in [0.25, 0.3) is 0 Å². The summed E-state index contributed by atoms with van der Waals surface area (Å²) in [6.45, 7) is 3.54. The number of nitrogens with one attached hydrogen (secondary N) is 1. The third kappa shape index (κ3) is 0.972. The van der Waals surface area contributed by atoms with Crippen LogP contribution in [0, 0.1) is 0 Å². The minimum absolute atomic E-state index is 0.0273. The first-order chi connectivity index (χ1) is 5.79. The molecular formula is C8H7N3O. The number of fused-ring (bicyclic) bond motifs is 1. The molecule has 60 valence electrons. The number of hydrogen-bond donors (Lipinski definition) is 1. The Morgan fingerprint density at radius 2 is 2.50 bits per heavy atom. The van der Waals surface area contributed by atoms with Crippen LogP contribution in [-0.2, 0) is 11.2 Å². The number of carbonyl (C=O) groups excluding carboxylic acids is 1. The Hall–Kier alpha value is -1.71. The molecule has 4 nitrogen and oxygen atoms in total. The van der Waals surface area contributed by atoms with E-state index in [9.17, 15) is 4.79 Å². The van der Waals surface area contributed by atoms with Crippen LogP contribution in [0.4, 0.5) is 5.82 Å². The summed E-state index contributed by atoms with van der Waals surface area (Å²) in [5.41, 5.74) is 0.852. The van der Waals surface area contributed by atoms with E-state index in [4.69, 9.17) is 0 Å². The third-order valence-electron chi connectivity index (χ3n) is 1.67. The second-order valence-corrected chi connectivity index (χ2v) is 2.53. The highest BCUT2D eigenvalue weighted by Gasteiger charge is 2.18. The van der Waals surface area contributed by atoms with Crippen LogP contribution in [-0.4, -0.2) is 15.9 Å². The van der Waals surface area contributed by atoms with Crippen molar-refractivity contribution in [2.75, 3.05) is 5.32 Å². The Labute approximate surface area is 69.3 Å². The molecule has 1 aromatic heterocycles. The van der Waals surface area contributed by atoms with Gasteiger partial charge in [-0.25, -0.2) is 9.97 Å². The summed E-state index contributed by atoms with van der Waals surface area (Å²) in [7, 11) is 0. The standard InChI is InChI=1S/C8H7N3O/c1-2-6-9-4-5-3-7(12)11-8(5)10-6/h2,4H,1,3H2,(H,9,10,11,12). The molecule has 1 aliphatic rings. The van der Waals surface area contributed by atoms with Crippen LogP contribution in [0.15, 0.2) is 12.8 Å². The number of amides is 1. The highest BCUT2D eigenvalue weighted by molar-refractivity contribution is 5.97. The van der Waals surface area contributed by atoms with Crippen LogP contribution in [0.5, 0.6) is 0 Å². The molecule has 0 atom stereocenters.